The molecule has 0 rings (SSSR count). The Balaban J connectivity index is -0.0000000533. The van der Waals surface area contributed by atoms with Crippen molar-refractivity contribution in [1.82, 2.24) is 0 Å². The van der Waals surface area contributed by atoms with Crippen LogP contribution in [0.15, 0.2) is 0 Å². The maximum absolute atomic E-state index is 8.88. The van der Waals surface area contributed by atoms with Crippen LogP contribution in [0.5, 0.6) is 0 Å². The SMILES string of the molecule is O=P(O)(O)O.O=P(O)(O)O.O=P(O)(O)O.O=P(O)(O)O.[Pd]. The molecule has 16 nitrogen and oxygen atoms in total. The van der Waals surface area contributed by atoms with Crippen LogP contribution < -0.4 is 0 Å². The molecule has 0 bridgehead atoms. The van der Waals surface area contributed by atoms with E-state index in [1.54, 1.807) is 0 Å². The Hall–Kier alpha value is 1.10. The first-order valence-corrected chi connectivity index (χ1v) is 9.39. The quantitative estimate of drug-likeness (QED) is 0.113. The molecule has 21 heteroatoms. The van der Waals surface area contributed by atoms with E-state index < -0.39 is 31.3 Å². The number of hydrogen-bond donors (Lipinski definition) is 12. The van der Waals surface area contributed by atoms with Crippen LogP contribution in [0, 0.1) is 0 Å². The van der Waals surface area contributed by atoms with Gasteiger partial charge in [-0.1, -0.05) is 0 Å². The van der Waals surface area contributed by atoms with Crippen LogP contribution in [0.1, 0.15) is 0 Å². The second-order valence-electron chi connectivity index (χ2n) is 2.05. The van der Waals surface area contributed by atoms with Crippen molar-refractivity contribution in [3.63, 3.8) is 0 Å². The Bertz CT molecular complexity index is 285. The standard InChI is InChI=1S/4H3O4P.Pd/c4*1-5(2,3)4;/h4*(H3,1,2,3,4);. The van der Waals surface area contributed by atoms with Gasteiger partial charge in [0.25, 0.3) is 0 Å². The molecule has 0 atom stereocenters. The van der Waals surface area contributed by atoms with Crippen LogP contribution >= 0.6 is 31.3 Å². The number of rotatable bonds is 0. The third kappa shape index (κ3) is 6340. The van der Waals surface area contributed by atoms with E-state index in [1.165, 1.54) is 0 Å². The Morgan fingerprint density at radius 1 is 0.333 bits per heavy atom. The van der Waals surface area contributed by atoms with Crippen molar-refractivity contribution in [2.45, 2.75) is 0 Å². The molecule has 0 unspecified atom stereocenters. The molecule has 0 aliphatic carbocycles. The molecular weight excluding hydrogens is 486 g/mol. The van der Waals surface area contributed by atoms with Gasteiger partial charge in [-0.25, -0.2) is 18.3 Å². The second-order valence-corrected chi connectivity index (χ2v) is 6.16. The molecule has 21 heavy (non-hydrogen) atoms. The Morgan fingerprint density at radius 2 is 0.333 bits per heavy atom. The zero-order valence-corrected chi connectivity index (χ0v) is 14.2. The van der Waals surface area contributed by atoms with E-state index in [0.29, 0.717) is 0 Å². The van der Waals surface area contributed by atoms with Crippen LogP contribution in [0.4, 0.5) is 0 Å². The molecule has 0 saturated heterocycles. The predicted molar refractivity (Wildman–Crippen MR) is 57.1 cm³/mol. The van der Waals surface area contributed by atoms with Gasteiger partial charge in [0, 0.05) is 20.4 Å². The minimum atomic E-state index is -4.64. The van der Waals surface area contributed by atoms with Crippen molar-refractivity contribution in [1.29, 1.82) is 0 Å². The molecular formula is H12O16P4Pd. The molecule has 0 heterocycles. The van der Waals surface area contributed by atoms with Gasteiger partial charge >= 0.3 is 31.3 Å². The fourth-order valence-corrected chi connectivity index (χ4v) is 0. The van der Waals surface area contributed by atoms with E-state index in [1.807, 2.05) is 0 Å². The fraction of sp³-hybridized carbons (Fsp3) is 0. The molecule has 0 radical (unpaired) electrons. The van der Waals surface area contributed by atoms with Gasteiger partial charge in [-0.05, 0) is 0 Å². The molecule has 0 aliphatic rings. The first-order chi connectivity index (χ1) is 8.00. The topological polar surface area (TPSA) is 311 Å². The summed E-state index contributed by atoms with van der Waals surface area (Å²) in [6.07, 6.45) is 0. The summed E-state index contributed by atoms with van der Waals surface area (Å²) in [5.74, 6) is 0. The molecule has 12 N–H and O–H groups in total. The van der Waals surface area contributed by atoms with Crippen molar-refractivity contribution in [2.24, 2.45) is 0 Å². The fourth-order valence-electron chi connectivity index (χ4n) is 0. The molecule has 0 aromatic heterocycles. The summed E-state index contributed by atoms with van der Waals surface area (Å²) in [4.78, 5) is 86.2. The zero-order chi connectivity index (χ0) is 18.0. The summed E-state index contributed by atoms with van der Waals surface area (Å²) in [6.45, 7) is 0. The molecule has 0 fully saturated rings. The molecule has 0 spiro atoms. The van der Waals surface area contributed by atoms with Gasteiger partial charge in [-0.2, -0.15) is 0 Å². The monoisotopic (exact) mass is 498 g/mol. The van der Waals surface area contributed by atoms with Crippen LogP contribution in [-0.2, 0) is 38.7 Å². The van der Waals surface area contributed by atoms with Crippen molar-refractivity contribution in [3.8, 4) is 0 Å². The molecule has 0 aromatic rings. The Kier molecular flexibility index (Phi) is 21.7. The maximum Gasteiger partial charge on any atom is 0.466 e. The summed E-state index contributed by atoms with van der Waals surface area (Å²) >= 11 is 0. The predicted octanol–water partition coefficient (Wildman–Crippen LogP) is -3.72. The number of phosphoric acid groups is 4. The third-order valence-corrected chi connectivity index (χ3v) is 0. The third-order valence-electron chi connectivity index (χ3n) is 0. The van der Waals surface area contributed by atoms with E-state index in [2.05, 4.69) is 0 Å². The maximum atomic E-state index is 8.88. The first kappa shape index (κ1) is 33.7. The molecule has 0 aromatic carbocycles. The van der Waals surface area contributed by atoms with Gasteiger partial charge in [0.05, 0.1) is 0 Å². The van der Waals surface area contributed by atoms with E-state index in [0.717, 1.165) is 0 Å². The summed E-state index contributed by atoms with van der Waals surface area (Å²) in [6, 6.07) is 0. The molecule has 0 amide bonds. The van der Waals surface area contributed by atoms with Gasteiger partial charge in [0.15, 0.2) is 0 Å². The Morgan fingerprint density at radius 3 is 0.333 bits per heavy atom. The largest absolute Gasteiger partial charge is 0.466 e. The van der Waals surface area contributed by atoms with Crippen molar-refractivity contribution >= 4 is 31.3 Å². The average Bonchev–Trinajstić information content (AvgIpc) is 1.62. The average molecular weight is 498 g/mol. The minimum Gasteiger partial charge on any atom is -0.303 e. The minimum absolute atomic E-state index is 0. The van der Waals surface area contributed by atoms with Crippen molar-refractivity contribution < 1.29 is 97.4 Å². The van der Waals surface area contributed by atoms with E-state index in [9.17, 15) is 0 Å². The molecule has 138 valence electrons. The smallest absolute Gasteiger partial charge is 0.303 e. The zero-order valence-electron chi connectivity index (χ0n) is 9.10. The van der Waals surface area contributed by atoms with Crippen molar-refractivity contribution in [3.05, 3.63) is 0 Å². The summed E-state index contributed by atoms with van der Waals surface area (Å²) < 4.78 is 35.5. The van der Waals surface area contributed by atoms with Crippen molar-refractivity contribution in [2.75, 3.05) is 0 Å². The normalized spacial score (nSPS) is 11.2. The van der Waals surface area contributed by atoms with Crippen LogP contribution in [-0.4, -0.2) is 58.7 Å². The van der Waals surface area contributed by atoms with Gasteiger partial charge in [-0.3, -0.25) is 0 Å². The molecule has 0 saturated carbocycles. The van der Waals surface area contributed by atoms with Gasteiger partial charge < -0.3 is 58.7 Å². The summed E-state index contributed by atoms with van der Waals surface area (Å²) in [7, 11) is -18.6. The van der Waals surface area contributed by atoms with E-state index in [4.69, 9.17) is 77.0 Å². The van der Waals surface area contributed by atoms with Gasteiger partial charge in [-0.15, -0.1) is 0 Å². The van der Waals surface area contributed by atoms with Gasteiger partial charge in [0.2, 0.25) is 0 Å². The molecule has 0 aliphatic heterocycles. The summed E-state index contributed by atoms with van der Waals surface area (Å²) in [5.41, 5.74) is 0. The summed E-state index contributed by atoms with van der Waals surface area (Å²) in [5, 5.41) is 0. The second kappa shape index (κ2) is 13.5. The number of hydrogen-bond acceptors (Lipinski definition) is 4. The van der Waals surface area contributed by atoms with Crippen LogP contribution in [0.2, 0.25) is 0 Å². The van der Waals surface area contributed by atoms with Crippen LogP contribution in [0.25, 0.3) is 0 Å². The van der Waals surface area contributed by atoms with E-state index >= 15 is 0 Å². The van der Waals surface area contributed by atoms with E-state index in [-0.39, 0.29) is 20.4 Å². The first-order valence-electron chi connectivity index (χ1n) is 3.13. The van der Waals surface area contributed by atoms with Gasteiger partial charge in [0.1, 0.15) is 0 Å². The Labute approximate surface area is 129 Å². The van der Waals surface area contributed by atoms with Crippen LogP contribution in [0.3, 0.4) is 0 Å².